The Balaban J connectivity index is 1.91. The molecule has 0 aliphatic carbocycles. The second-order valence-corrected chi connectivity index (χ2v) is 7.29. The SMILES string of the molecule is CC[C@H]1[C@@H](OC(C)=O)C[C@@H]2CCC[C@@H]3CCC[C@@]1(C)N32. The fourth-order valence-corrected chi connectivity index (χ4v) is 5.59. The predicted octanol–water partition coefficient (Wildman–Crippen LogP) is 3.51. The van der Waals surface area contributed by atoms with Gasteiger partial charge in [0.1, 0.15) is 6.10 Å². The Bertz CT molecular complexity index is 381. The topological polar surface area (TPSA) is 29.5 Å². The first-order chi connectivity index (χ1) is 9.56. The summed E-state index contributed by atoms with van der Waals surface area (Å²) in [6.07, 6.45) is 10.3. The van der Waals surface area contributed by atoms with Crippen LogP contribution in [0, 0.1) is 5.92 Å². The maximum Gasteiger partial charge on any atom is 0.302 e. The van der Waals surface area contributed by atoms with Crippen molar-refractivity contribution in [1.29, 1.82) is 0 Å². The van der Waals surface area contributed by atoms with Crippen LogP contribution in [0.1, 0.15) is 72.1 Å². The molecule has 0 spiro atoms. The van der Waals surface area contributed by atoms with E-state index in [4.69, 9.17) is 4.74 Å². The minimum atomic E-state index is -0.103. The van der Waals surface area contributed by atoms with Gasteiger partial charge in [0.05, 0.1) is 0 Å². The third-order valence-electron chi connectivity index (χ3n) is 6.18. The van der Waals surface area contributed by atoms with Crippen LogP contribution in [-0.2, 0) is 9.53 Å². The van der Waals surface area contributed by atoms with E-state index in [0.29, 0.717) is 12.0 Å². The lowest BCUT2D eigenvalue weighted by atomic mass is 9.64. The van der Waals surface area contributed by atoms with Gasteiger partial charge >= 0.3 is 5.97 Å². The summed E-state index contributed by atoms with van der Waals surface area (Å²) in [5, 5.41) is 0. The first-order valence-corrected chi connectivity index (χ1v) is 8.52. The fraction of sp³-hybridized carbons (Fsp3) is 0.941. The number of nitrogens with zero attached hydrogens (tertiary/aromatic N) is 1. The Morgan fingerprint density at radius 2 is 1.95 bits per heavy atom. The highest BCUT2D eigenvalue weighted by Crippen LogP contribution is 2.50. The van der Waals surface area contributed by atoms with Gasteiger partial charge < -0.3 is 4.74 Å². The standard InChI is InChI=1S/C17H29NO2/c1-4-15-16(20-12(2)19)11-14-8-5-7-13-9-6-10-17(15,3)18(13)14/h13-16H,4-11H2,1-3H3/t13-,14+,15+,16+,17-/m1/s1. The highest BCUT2D eigenvalue weighted by molar-refractivity contribution is 5.66. The third kappa shape index (κ3) is 2.18. The number of carbonyl (C=O) groups excluding carboxylic acids is 1. The van der Waals surface area contributed by atoms with Gasteiger partial charge in [-0.2, -0.15) is 0 Å². The van der Waals surface area contributed by atoms with Crippen molar-refractivity contribution in [1.82, 2.24) is 4.90 Å². The molecule has 3 fully saturated rings. The van der Waals surface area contributed by atoms with Crippen molar-refractivity contribution >= 4 is 5.97 Å². The summed E-state index contributed by atoms with van der Waals surface area (Å²) in [6, 6.07) is 1.44. The van der Waals surface area contributed by atoms with Crippen LogP contribution in [0.15, 0.2) is 0 Å². The Morgan fingerprint density at radius 1 is 1.25 bits per heavy atom. The number of carbonyl (C=O) groups is 1. The van der Waals surface area contributed by atoms with E-state index in [-0.39, 0.29) is 17.6 Å². The van der Waals surface area contributed by atoms with Crippen molar-refractivity contribution in [3.05, 3.63) is 0 Å². The van der Waals surface area contributed by atoms with Crippen molar-refractivity contribution in [2.45, 2.75) is 95.9 Å². The lowest BCUT2D eigenvalue weighted by molar-refractivity contribution is -0.181. The molecule has 114 valence electrons. The van der Waals surface area contributed by atoms with Crippen LogP contribution < -0.4 is 0 Å². The Labute approximate surface area is 123 Å². The van der Waals surface area contributed by atoms with Crippen molar-refractivity contribution in [2.75, 3.05) is 0 Å². The van der Waals surface area contributed by atoms with Gasteiger partial charge in [-0.1, -0.05) is 19.8 Å². The quantitative estimate of drug-likeness (QED) is 0.724. The van der Waals surface area contributed by atoms with Crippen molar-refractivity contribution in [2.24, 2.45) is 5.92 Å². The molecule has 0 aromatic heterocycles. The molecule has 0 aromatic rings. The molecule has 5 atom stereocenters. The van der Waals surface area contributed by atoms with Gasteiger partial charge in [-0.15, -0.1) is 0 Å². The minimum absolute atomic E-state index is 0.103. The zero-order chi connectivity index (χ0) is 14.3. The zero-order valence-electron chi connectivity index (χ0n) is 13.2. The van der Waals surface area contributed by atoms with Gasteiger partial charge in [-0.3, -0.25) is 9.69 Å². The molecule has 0 aromatic carbocycles. The number of rotatable bonds is 2. The predicted molar refractivity (Wildman–Crippen MR) is 79.5 cm³/mol. The van der Waals surface area contributed by atoms with Crippen molar-refractivity contribution in [3.63, 3.8) is 0 Å². The van der Waals surface area contributed by atoms with E-state index in [1.54, 1.807) is 6.92 Å². The monoisotopic (exact) mass is 279 g/mol. The summed E-state index contributed by atoms with van der Waals surface area (Å²) in [4.78, 5) is 14.3. The smallest absolute Gasteiger partial charge is 0.302 e. The highest BCUT2D eigenvalue weighted by Gasteiger charge is 2.55. The van der Waals surface area contributed by atoms with E-state index in [9.17, 15) is 4.79 Å². The summed E-state index contributed by atoms with van der Waals surface area (Å²) < 4.78 is 5.73. The number of esters is 1. The second kappa shape index (κ2) is 5.32. The first kappa shape index (κ1) is 14.4. The van der Waals surface area contributed by atoms with E-state index >= 15 is 0 Å². The van der Waals surface area contributed by atoms with Gasteiger partial charge in [-0.25, -0.2) is 0 Å². The van der Waals surface area contributed by atoms with E-state index in [1.807, 2.05) is 0 Å². The van der Waals surface area contributed by atoms with Gasteiger partial charge in [0.2, 0.25) is 0 Å². The molecule has 0 bridgehead atoms. The molecular weight excluding hydrogens is 250 g/mol. The largest absolute Gasteiger partial charge is 0.462 e. The Morgan fingerprint density at radius 3 is 2.65 bits per heavy atom. The van der Waals surface area contributed by atoms with Crippen LogP contribution in [0.5, 0.6) is 0 Å². The van der Waals surface area contributed by atoms with Crippen LogP contribution in [0.2, 0.25) is 0 Å². The first-order valence-electron chi connectivity index (χ1n) is 8.52. The average molecular weight is 279 g/mol. The number of ether oxygens (including phenoxy) is 1. The van der Waals surface area contributed by atoms with Crippen molar-refractivity contribution < 1.29 is 9.53 Å². The number of piperidine rings is 3. The van der Waals surface area contributed by atoms with Gasteiger partial charge in [0, 0.05) is 36.9 Å². The Hall–Kier alpha value is -0.570. The molecule has 0 amide bonds. The molecule has 0 radical (unpaired) electrons. The summed E-state index contributed by atoms with van der Waals surface area (Å²) >= 11 is 0. The van der Waals surface area contributed by atoms with E-state index in [2.05, 4.69) is 18.7 Å². The molecule has 0 saturated carbocycles. The molecule has 0 unspecified atom stereocenters. The maximum atomic E-state index is 11.5. The zero-order valence-corrected chi connectivity index (χ0v) is 13.2. The summed E-state index contributed by atoms with van der Waals surface area (Å²) in [6.45, 7) is 6.27. The van der Waals surface area contributed by atoms with Crippen LogP contribution in [-0.4, -0.2) is 34.6 Å². The van der Waals surface area contributed by atoms with Crippen LogP contribution in [0.4, 0.5) is 0 Å². The Kier molecular flexibility index (Phi) is 3.83. The third-order valence-corrected chi connectivity index (χ3v) is 6.18. The fourth-order valence-electron chi connectivity index (χ4n) is 5.59. The molecule has 20 heavy (non-hydrogen) atoms. The normalized spacial score (nSPS) is 44.8. The van der Waals surface area contributed by atoms with Gasteiger partial charge in [0.25, 0.3) is 0 Å². The van der Waals surface area contributed by atoms with Crippen molar-refractivity contribution in [3.8, 4) is 0 Å². The number of hydrogen-bond acceptors (Lipinski definition) is 3. The van der Waals surface area contributed by atoms with Gasteiger partial charge in [0.15, 0.2) is 0 Å². The summed E-state index contributed by atoms with van der Waals surface area (Å²) in [7, 11) is 0. The summed E-state index contributed by atoms with van der Waals surface area (Å²) in [5.41, 5.74) is 0.251. The van der Waals surface area contributed by atoms with Crippen LogP contribution >= 0.6 is 0 Å². The molecule has 3 aliphatic rings. The molecule has 3 aliphatic heterocycles. The van der Waals surface area contributed by atoms with Crippen LogP contribution in [0.3, 0.4) is 0 Å². The maximum absolute atomic E-state index is 11.5. The molecule has 0 N–H and O–H groups in total. The van der Waals surface area contributed by atoms with Gasteiger partial charge in [-0.05, 0) is 39.0 Å². The number of hydrogen-bond donors (Lipinski definition) is 0. The lowest BCUT2D eigenvalue weighted by Crippen LogP contribution is -2.69. The molecule has 3 rings (SSSR count). The van der Waals surface area contributed by atoms with Crippen LogP contribution in [0.25, 0.3) is 0 Å². The second-order valence-electron chi connectivity index (χ2n) is 7.29. The highest BCUT2D eigenvalue weighted by atomic mass is 16.5. The lowest BCUT2D eigenvalue weighted by Gasteiger charge is -2.63. The van der Waals surface area contributed by atoms with E-state index < -0.39 is 0 Å². The molecule has 3 nitrogen and oxygen atoms in total. The van der Waals surface area contributed by atoms with E-state index in [0.717, 1.165) is 18.9 Å². The minimum Gasteiger partial charge on any atom is -0.462 e. The molecule has 3 heteroatoms. The van der Waals surface area contributed by atoms with E-state index in [1.165, 1.54) is 38.5 Å². The molecule has 3 saturated heterocycles. The average Bonchev–Trinajstić information content (AvgIpc) is 2.38. The summed E-state index contributed by atoms with van der Waals surface area (Å²) in [5.74, 6) is 0.400. The molecular formula is C17H29NO2. The molecule has 3 heterocycles.